The standard InChI is InChI=1S/C13H17N3O2/c1-2-7-14-8-13(18)16-9-12(17)15-10-5-3-4-6-11(10)16/h3-6,14H,2,7-9H2,1H3,(H,15,17). The molecule has 2 amide bonds. The van der Waals surface area contributed by atoms with Crippen molar-refractivity contribution in [3.8, 4) is 0 Å². The molecule has 5 nitrogen and oxygen atoms in total. The Hall–Kier alpha value is -1.88. The molecule has 2 N–H and O–H groups in total. The summed E-state index contributed by atoms with van der Waals surface area (Å²) in [6, 6.07) is 7.33. The van der Waals surface area contributed by atoms with E-state index in [2.05, 4.69) is 10.6 Å². The van der Waals surface area contributed by atoms with Crippen molar-refractivity contribution in [3.63, 3.8) is 0 Å². The third-order valence-corrected chi connectivity index (χ3v) is 2.77. The van der Waals surface area contributed by atoms with Gasteiger partial charge in [0, 0.05) is 0 Å². The van der Waals surface area contributed by atoms with Crippen molar-refractivity contribution in [1.82, 2.24) is 5.32 Å². The van der Waals surface area contributed by atoms with Crippen LogP contribution in [-0.4, -0.2) is 31.4 Å². The highest BCUT2D eigenvalue weighted by Crippen LogP contribution is 2.28. The normalized spacial score (nSPS) is 14.1. The van der Waals surface area contributed by atoms with Crippen LogP contribution >= 0.6 is 0 Å². The van der Waals surface area contributed by atoms with Gasteiger partial charge in [-0.15, -0.1) is 0 Å². The first kappa shape index (κ1) is 12.6. The zero-order valence-corrected chi connectivity index (χ0v) is 10.4. The number of rotatable bonds is 4. The number of para-hydroxylation sites is 2. The molecule has 0 spiro atoms. The molecule has 0 bridgehead atoms. The lowest BCUT2D eigenvalue weighted by Gasteiger charge is -2.29. The van der Waals surface area contributed by atoms with Gasteiger partial charge in [-0.3, -0.25) is 14.5 Å². The summed E-state index contributed by atoms with van der Waals surface area (Å²) in [5, 5.41) is 5.81. The Labute approximate surface area is 106 Å². The molecule has 1 aromatic rings. The van der Waals surface area contributed by atoms with Crippen LogP contribution in [0.3, 0.4) is 0 Å². The molecule has 2 rings (SSSR count). The van der Waals surface area contributed by atoms with Crippen molar-refractivity contribution < 1.29 is 9.59 Å². The molecule has 0 radical (unpaired) electrons. The van der Waals surface area contributed by atoms with Crippen LogP contribution in [0.2, 0.25) is 0 Å². The van der Waals surface area contributed by atoms with Gasteiger partial charge in [-0.25, -0.2) is 0 Å². The van der Waals surface area contributed by atoms with E-state index in [1.807, 2.05) is 25.1 Å². The monoisotopic (exact) mass is 247 g/mol. The summed E-state index contributed by atoms with van der Waals surface area (Å²) in [4.78, 5) is 25.1. The number of nitrogens with one attached hydrogen (secondary N) is 2. The molecule has 1 aromatic carbocycles. The summed E-state index contributed by atoms with van der Waals surface area (Å²) in [6.45, 7) is 3.19. The minimum Gasteiger partial charge on any atom is -0.323 e. The van der Waals surface area contributed by atoms with E-state index < -0.39 is 0 Å². The zero-order valence-electron chi connectivity index (χ0n) is 10.4. The number of anilines is 2. The van der Waals surface area contributed by atoms with Crippen molar-refractivity contribution >= 4 is 23.2 Å². The molecule has 1 aliphatic heterocycles. The predicted octanol–water partition coefficient (Wildman–Crippen LogP) is 0.971. The van der Waals surface area contributed by atoms with E-state index in [0.29, 0.717) is 5.69 Å². The van der Waals surface area contributed by atoms with E-state index >= 15 is 0 Å². The molecule has 0 unspecified atom stereocenters. The van der Waals surface area contributed by atoms with Gasteiger partial charge in [0.2, 0.25) is 11.8 Å². The molecule has 0 aliphatic carbocycles. The number of carbonyl (C=O) groups excluding carboxylic acids is 2. The van der Waals surface area contributed by atoms with E-state index in [0.717, 1.165) is 18.7 Å². The molecule has 18 heavy (non-hydrogen) atoms. The Morgan fingerprint density at radius 1 is 1.44 bits per heavy atom. The fraction of sp³-hybridized carbons (Fsp3) is 0.385. The van der Waals surface area contributed by atoms with Gasteiger partial charge >= 0.3 is 0 Å². The summed E-state index contributed by atoms with van der Waals surface area (Å²) in [7, 11) is 0. The maximum Gasteiger partial charge on any atom is 0.244 e. The number of benzene rings is 1. The SMILES string of the molecule is CCCNCC(=O)N1CC(=O)Nc2ccccc21. The summed E-state index contributed by atoms with van der Waals surface area (Å²) >= 11 is 0. The third-order valence-electron chi connectivity index (χ3n) is 2.77. The highest BCUT2D eigenvalue weighted by Gasteiger charge is 2.25. The molecule has 1 heterocycles. The second-order valence-electron chi connectivity index (χ2n) is 4.22. The average molecular weight is 247 g/mol. The van der Waals surface area contributed by atoms with Crippen LogP contribution in [0.5, 0.6) is 0 Å². The van der Waals surface area contributed by atoms with Crippen LogP contribution in [0.25, 0.3) is 0 Å². The molecule has 0 saturated carbocycles. The summed E-state index contributed by atoms with van der Waals surface area (Å²) in [5.74, 6) is -0.233. The van der Waals surface area contributed by atoms with Crippen LogP contribution in [0.4, 0.5) is 11.4 Å². The molecule has 0 saturated heterocycles. The Kier molecular flexibility index (Phi) is 3.94. The first-order valence-electron chi connectivity index (χ1n) is 6.12. The van der Waals surface area contributed by atoms with Gasteiger partial charge in [0.15, 0.2) is 0 Å². The van der Waals surface area contributed by atoms with E-state index in [4.69, 9.17) is 0 Å². The van der Waals surface area contributed by atoms with Gasteiger partial charge in [0.25, 0.3) is 0 Å². The lowest BCUT2D eigenvalue weighted by molar-refractivity contribution is -0.121. The molecule has 96 valence electrons. The molecular weight excluding hydrogens is 230 g/mol. The maximum absolute atomic E-state index is 12.1. The van der Waals surface area contributed by atoms with Gasteiger partial charge in [-0.2, -0.15) is 0 Å². The highest BCUT2D eigenvalue weighted by molar-refractivity contribution is 6.10. The van der Waals surface area contributed by atoms with Gasteiger partial charge in [0.1, 0.15) is 6.54 Å². The smallest absolute Gasteiger partial charge is 0.244 e. The minimum atomic E-state index is -0.155. The van der Waals surface area contributed by atoms with E-state index in [1.54, 1.807) is 6.07 Å². The van der Waals surface area contributed by atoms with Crippen molar-refractivity contribution in [2.24, 2.45) is 0 Å². The zero-order chi connectivity index (χ0) is 13.0. The summed E-state index contributed by atoms with van der Waals surface area (Å²) < 4.78 is 0. The Balaban J connectivity index is 2.13. The third kappa shape index (κ3) is 2.68. The molecule has 0 atom stereocenters. The highest BCUT2D eigenvalue weighted by atomic mass is 16.2. The number of hydrogen-bond donors (Lipinski definition) is 2. The van der Waals surface area contributed by atoms with Gasteiger partial charge in [-0.05, 0) is 25.1 Å². The van der Waals surface area contributed by atoms with Crippen LogP contribution < -0.4 is 15.5 Å². The Morgan fingerprint density at radius 3 is 3.00 bits per heavy atom. The lowest BCUT2D eigenvalue weighted by atomic mass is 10.2. The number of carbonyl (C=O) groups is 2. The molecule has 0 aromatic heterocycles. The largest absolute Gasteiger partial charge is 0.323 e. The van der Waals surface area contributed by atoms with Crippen LogP contribution in [-0.2, 0) is 9.59 Å². The maximum atomic E-state index is 12.1. The second kappa shape index (κ2) is 5.64. The van der Waals surface area contributed by atoms with Gasteiger partial charge in [0.05, 0.1) is 17.9 Å². The fourth-order valence-electron chi connectivity index (χ4n) is 1.92. The van der Waals surface area contributed by atoms with Crippen LogP contribution in [0, 0.1) is 0 Å². The van der Waals surface area contributed by atoms with Gasteiger partial charge < -0.3 is 10.6 Å². The summed E-state index contributed by atoms with van der Waals surface area (Å²) in [6.07, 6.45) is 0.977. The van der Waals surface area contributed by atoms with Crippen molar-refractivity contribution in [3.05, 3.63) is 24.3 Å². The molecule has 0 fully saturated rings. The average Bonchev–Trinajstić information content (AvgIpc) is 2.38. The van der Waals surface area contributed by atoms with E-state index in [1.165, 1.54) is 4.90 Å². The number of amides is 2. The Bertz CT molecular complexity index is 459. The van der Waals surface area contributed by atoms with Crippen molar-refractivity contribution in [1.29, 1.82) is 0 Å². The number of hydrogen-bond acceptors (Lipinski definition) is 3. The predicted molar refractivity (Wildman–Crippen MR) is 70.6 cm³/mol. The van der Waals surface area contributed by atoms with E-state index in [-0.39, 0.29) is 24.9 Å². The first-order chi connectivity index (χ1) is 8.72. The first-order valence-corrected chi connectivity index (χ1v) is 6.12. The number of fused-ring (bicyclic) bond motifs is 1. The molecular formula is C13H17N3O2. The summed E-state index contributed by atoms with van der Waals surface area (Å²) in [5.41, 5.74) is 1.46. The fourth-order valence-corrected chi connectivity index (χ4v) is 1.92. The Morgan fingerprint density at radius 2 is 2.22 bits per heavy atom. The molecule has 5 heteroatoms. The topological polar surface area (TPSA) is 61.4 Å². The van der Waals surface area contributed by atoms with Gasteiger partial charge in [-0.1, -0.05) is 19.1 Å². The second-order valence-corrected chi connectivity index (χ2v) is 4.22. The quantitative estimate of drug-likeness (QED) is 0.779. The van der Waals surface area contributed by atoms with Crippen molar-refractivity contribution in [2.75, 3.05) is 29.9 Å². The minimum absolute atomic E-state index is 0.0780. The molecule has 1 aliphatic rings. The van der Waals surface area contributed by atoms with Crippen molar-refractivity contribution in [2.45, 2.75) is 13.3 Å². The van der Waals surface area contributed by atoms with E-state index in [9.17, 15) is 9.59 Å². The van der Waals surface area contributed by atoms with Crippen LogP contribution in [0.15, 0.2) is 24.3 Å². The number of nitrogens with zero attached hydrogens (tertiary/aromatic N) is 1. The van der Waals surface area contributed by atoms with Crippen LogP contribution in [0.1, 0.15) is 13.3 Å². The lowest BCUT2D eigenvalue weighted by Crippen LogP contribution is -2.45.